The predicted molar refractivity (Wildman–Crippen MR) is 43.4 cm³/mol. The minimum absolute atomic E-state index is 0.0636. The standard InChI is InChI=1S/C6H2F2IN/c7-4-1-2-10-3-5(8)6(4)9/h1,3H. The summed E-state index contributed by atoms with van der Waals surface area (Å²) >= 11 is 1.56. The van der Waals surface area contributed by atoms with Crippen LogP contribution in [0, 0.1) is 0 Å². The molecular weight excluding hydrogens is 251 g/mol. The van der Waals surface area contributed by atoms with Gasteiger partial charge in [-0.2, -0.15) is 0 Å². The van der Waals surface area contributed by atoms with Gasteiger partial charge in [-0.05, 0) is 28.5 Å². The first kappa shape index (κ1) is 7.63. The van der Waals surface area contributed by atoms with Crippen LogP contribution in [0.15, 0.2) is 32.5 Å². The highest BCUT2D eigenvalue weighted by molar-refractivity contribution is 14.1. The van der Waals surface area contributed by atoms with Crippen LogP contribution in [-0.4, -0.2) is 5.87 Å². The largest absolute Gasteiger partial charge is 0.211 e. The van der Waals surface area contributed by atoms with Crippen molar-refractivity contribution in [2.45, 2.75) is 0 Å². The first-order valence-electron chi connectivity index (χ1n) is 2.41. The third-order valence-electron chi connectivity index (χ3n) is 0.863. The summed E-state index contributed by atoms with van der Waals surface area (Å²) in [6.07, 6.45) is 1.91. The average Bonchev–Trinajstić information content (AvgIpc) is 2.04. The summed E-state index contributed by atoms with van der Waals surface area (Å²) in [5.41, 5.74) is 0. The van der Waals surface area contributed by atoms with Gasteiger partial charge in [0.1, 0.15) is 5.83 Å². The van der Waals surface area contributed by atoms with Crippen molar-refractivity contribution in [1.29, 1.82) is 0 Å². The van der Waals surface area contributed by atoms with Crippen LogP contribution in [0.1, 0.15) is 0 Å². The van der Waals surface area contributed by atoms with Crippen LogP contribution in [0.5, 0.6) is 0 Å². The van der Waals surface area contributed by atoms with Crippen molar-refractivity contribution < 1.29 is 8.78 Å². The van der Waals surface area contributed by atoms with E-state index in [2.05, 4.69) is 10.9 Å². The molecule has 0 bridgehead atoms. The van der Waals surface area contributed by atoms with Gasteiger partial charge < -0.3 is 0 Å². The van der Waals surface area contributed by atoms with Crippen molar-refractivity contribution in [2.24, 2.45) is 4.99 Å². The van der Waals surface area contributed by atoms with Crippen LogP contribution < -0.4 is 0 Å². The maximum absolute atomic E-state index is 12.5. The molecule has 1 aliphatic rings. The highest BCUT2D eigenvalue weighted by Gasteiger charge is 2.06. The number of halogens is 3. The summed E-state index contributed by atoms with van der Waals surface area (Å²) in [5.74, 6) is 0.894. The van der Waals surface area contributed by atoms with Crippen molar-refractivity contribution >= 4 is 28.5 Å². The van der Waals surface area contributed by atoms with Crippen molar-refractivity contribution in [3.63, 3.8) is 0 Å². The Balaban J connectivity index is 3.16. The Labute approximate surface area is 70.0 Å². The van der Waals surface area contributed by atoms with Gasteiger partial charge in [0.2, 0.25) is 0 Å². The van der Waals surface area contributed by atoms with E-state index in [-0.39, 0.29) is 3.58 Å². The molecule has 0 aromatic carbocycles. The van der Waals surface area contributed by atoms with Crippen LogP contribution in [0.25, 0.3) is 0 Å². The molecule has 0 aromatic rings. The minimum atomic E-state index is -0.667. The minimum Gasteiger partial charge on any atom is -0.211 e. The van der Waals surface area contributed by atoms with E-state index in [1.54, 1.807) is 22.6 Å². The van der Waals surface area contributed by atoms with E-state index in [1.165, 1.54) is 0 Å². The maximum Gasteiger partial charge on any atom is 0.158 e. The molecule has 52 valence electrons. The van der Waals surface area contributed by atoms with Crippen LogP contribution in [0.4, 0.5) is 8.78 Å². The van der Waals surface area contributed by atoms with Gasteiger partial charge in [0, 0.05) is 6.08 Å². The highest BCUT2D eigenvalue weighted by atomic mass is 127. The van der Waals surface area contributed by atoms with Crippen molar-refractivity contribution in [3.05, 3.63) is 27.5 Å². The Morgan fingerprint density at radius 2 is 2.20 bits per heavy atom. The molecule has 1 nitrogen and oxygen atoms in total. The van der Waals surface area contributed by atoms with Crippen LogP contribution in [-0.2, 0) is 0 Å². The SMILES string of the molecule is FC1=CN=C=CC(F)=C1I. The van der Waals surface area contributed by atoms with Gasteiger partial charge in [0.25, 0.3) is 0 Å². The van der Waals surface area contributed by atoms with Gasteiger partial charge >= 0.3 is 0 Å². The van der Waals surface area contributed by atoms with E-state index < -0.39 is 11.7 Å². The number of rotatable bonds is 0. The number of allylic oxidation sites excluding steroid dienone is 4. The maximum atomic E-state index is 12.5. The molecule has 10 heavy (non-hydrogen) atoms. The van der Waals surface area contributed by atoms with E-state index in [4.69, 9.17) is 0 Å². The normalized spacial score (nSPS) is 17.3. The van der Waals surface area contributed by atoms with Gasteiger partial charge in [-0.15, -0.1) is 0 Å². The summed E-state index contributed by atoms with van der Waals surface area (Å²) in [6.45, 7) is 0. The number of hydrogen-bond donors (Lipinski definition) is 0. The van der Waals surface area contributed by atoms with E-state index in [1.807, 2.05) is 0 Å². The molecule has 0 radical (unpaired) electrons. The van der Waals surface area contributed by atoms with Gasteiger partial charge in [-0.3, -0.25) is 0 Å². The molecule has 0 N–H and O–H groups in total. The second-order valence-corrected chi connectivity index (χ2v) is 2.62. The summed E-state index contributed by atoms with van der Waals surface area (Å²) in [4.78, 5) is 3.32. The molecular formula is C6H2F2IN. The molecule has 1 rings (SSSR count). The first-order valence-corrected chi connectivity index (χ1v) is 3.49. The summed E-state index contributed by atoms with van der Waals surface area (Å²) in [6, 6.07) is 0. The molecule has 4 heteroatoms. The number of hydrogen-bond acceptors (Lipinski definition) is 1. The van der Waals surface area contributed by atoms with Gasteiger partial charge in [0.05, 0.1) is 9.78 Å². The lowest BCUT2D eigenvalue weighted by atomic mass is 10.4. The number of aliphatic imine (C=N–C) groups is 1. The Morgan fingerprint density at radius 3 is 2.90 bits per heavy atom. The highest BCUT2D eigenvalue weighted by Crippen LogP contribution is 2.25. The van der Waals surface area contributed by atoms with Crippen LogP contribution >= 0.6 is 22.6 Å². The zero-order chi connectivity index (χ0) is 7.56. The van der Waals surface area contributed by atoms with E-state index in [9.17, 15) is 8.78 Å². The zero-order valence-electron chi connectivity index (χ0n) is 4.74. The first-order chi connectivity index (χ1) is 4.72. The third-order valence-corrected chi connectivity index (χ3v) is 1.89. The molecule has 1 heterocycles. The zero-order valence-corrected chi connectivity index (χ0v) is 6.89. The molecule has 0 spiro atoms. The molecule has 0 atom stereocenters. The van der Waals surface area contributed by atoms with Gasteiger partial charge in [-0.1, -0.05) is 0 Å². The monoisotopic (exact) mass is 253 g/mol. The Hall–Kier alpha value is -0.480. The second-order valence-electron chi connectivity index (χ2n) is 1.54. The fourth-order valence-electron chi connectivity index (χ4n) is 0.422. The molecule has 0 fully saturated rings. The molecule has 0 aromatic heterocycles. The molecule has 0 saturated heterocycles. The Kier molecular flexibility index (Phi) is 2.34. The van der Waals surface area contributed by atoms with Crippen molar-refractivity contribution in [2.75, 3.05) is 0 Å². The third kappa shape index (κ3) is 1.52. The van der Waals surface area contributed by atoms with Crippen LogP contribution in [0.2, 0.25) is 0 Å². The quantitative estimate of drug-likeness (QED) is 0.588. The Morgan fingerprint density at radius 1 is 1.50 bits per heavy atom. The van der Waals surface area contributed by atoms with E-state index in [0.29, 0.717) is 0 Å². The van der Waals surface area contributed by atoms with Crippen molar-refractivity contribution in [1.82, 2.24) is 0 Å². The average molecular weight is 253 g/mol. The summed E-state index contributed by atoms with van der Waals surface area (Å²) in [7, 11) is 0. The topological polar surface area (TPSA) is 12.4 Å². The van der Waals surface area contributed by atoms with E-state index in [0.717, 1.165) is 12.3 Å². The summed E-state index contributed by atoms with van der Waals surface area (Å²) < 4.78 is 24.9. The predicted octanol–water partition coefficient (Wildman–Crippen LogP) is 2.65. The lowest BCUT2D eigenvalue weighted by Gasteiger charge is -1.90. The second kappa shape index (κ2) is 3.07. The molecule has 0 unspecified atom stereocenters. The lowest BCUT2D eigenvalue weighted by molar-refractivity contribution is 0.629. The van der Waals surface area contributed by atoms with Gasteiger partial charge in [-0.25, -0.2) is 13.8 Å². The van der Waals surface area contributed by atoms with Gasteiger partial charge in [0.15, 0.2) is 5.83 Å². The molecule has 0 saturated carbocycles. The smallest absolute Gasteiger partial charge is 0.158 e. The van der Waals surface area contributed by atoms with E-state index >= 15 is 0 Å². The summed E-state index contributed by atoms with van der Waals surface area (Å²) in [5, 5.41) is 0. The molecule has 0 amide bonds. The molecule has 1 aliphatic heterocycles. The lowest BCUT2D eigenvalue weighted by Crippen LogP contribution is -1.74. The van der Waals surface area contributed by atoms with Crippen LogP contribution in [0.3, 0.4) is 0 Å². The Bertz CT molecular complexity index is 267. The van der Waals surface area contributed by atoms with Crippen molar-refractivity contribution in [3.8, 4) is 0 Å². The fourth-order valence-corrected chi connectivity index (χ4v) is 0.717. The number of nitrogens with zero attached hydrogens (tertiary/aromatic N) is 1. The fraction of sp³-hybridized carbons (Fsp3) is 0. The molecule has 0 aliphatic carbocycles.